The molecule has 0 fully saturated rings. The van der Waals surface area contributed by atoms with E-state index in [1.165, 1.54) is 19.9 Å². The van der Waals surface area contributed by atoms with Crippen LogP contribution in [0.5, 0.6) is 0 Å². The molecule has 0 aliphatic carbocycles. The van der Waals surface area contributed by atoms with Gasteiger partial charge in [-0.1, -0.05) is 49.6 Å². The average molecular weight is 454 g/mol. The number of benzene rings is 1. The molecular formula is C21H27NO8S. The lowest BCUT2D eigenvalue weighted by atomic mass is 10.1. The van der Waals surface area contributed by atoms with Crippen LogP contribution in [0.4, 0.5) is 0 Å². The Morgan fingerprint density at radius 3 is 2.26 bits per heavy atom. The molecule has 3 N–H and O–H groups in total. The van der Waals surface area contributed by atoms with Crippen LogP contribution in [0.1, 0.15) is 25.8 Å². The number of allylic oxidation sites excluding steroid dienone is 1. The molecule has 0 aliphatic rings. The van der Waals surface area contributed by atoms with Crippen LogP contribution in [0.25, 0.3) is 0 Å². The highest BCUT2D eigenvalue weighted by molar-refractivity contribution is 7.85. The highest BCUT2D eigenvalue weighted by atomic mass is 32.2. The number of ether oxygens (including phenoxy) is 1. The van der Waals surface area contributed by atoms with Crippen molar-refractivity contribution in [2.45, 2.75) is 32.4 Å². The van der Waals surface area contributed by atoms with Crippen molar-refractivity contribution < 1.29 is 37.2 Å². The summed E-state index contributed by atoms with van der Waals surface area (Å²) in [5.74, 6) is -2.58. The lowest BCUT2D eigenvalue weighted by Crippen LogP contribution is -2.47. The zero-order valence-corrected chi connectivity index (χ0v) is 18.2. The predicted octanol–water partition coefficient (Wildman–Crippen LogP) is 2.27. The first-order valence-corrected chi connectivity index (χ1v) is 10.5. The number of hydrogen-bond donors (Lipinski definition) is 3. The number of rotatable bonds is 10. The van der Waals surface area contributed by atoms with Crippen LogP contribution in [0.2, 0.25) is 0 Å². The van der Waals surface area contributed by atoms with Gasteiger partial charge in [0.25, 0.3) is 10.1 Å². The molecule has 0 aromatic heterocycles. The Balaban J connectivity index is 0.000000615. The minimum Gasteiger partial charge on any atom is -0.478 e. The molecule has 0 unspecified atom stereocenters. The van der Waals surface area contributed by atoms with Gasteiger partial charge in [0.05, 0.1) is 11.3 Å². The zero-order chi connectivity index (χ0) is 24.1. The number of nitrogens with one attached hydrogen (secondary N) is 1. The van der Waals surface area contributed by atoms with Crippen molar-refractivity contribution in [3.63, 3.8) is 0 Å². The van der Waals surface area contributed by atoms with Crippen LogP contribution in [0, 0.1) is 0 Å². The maximum absolute atomic E-state index is 11.5. The third-order valence-electron chi connectivity index (χ3n) is 3.32. The summed E-state index contributed by atoms with van der Waals surface area (Å²) >= 11 is 0. The number of esters is 1. The summed E-state index contributed by atoms with van der Waals surface area (Å²) in [7, 11) is -4.08. The van der Waals surface area contributed by atoms with Crippen LogP contribution in [-0.2, 0) is 35.8 Å². The highest BCUT2D eigenvalue weighted by Gasteiger charge is 2.25. The molecule has 0 heterocycles. The standard InChI is InChI=1S/C14H14O4.C7H13NO4S/c1-11(6-5-9-13(15)16)14(17)18-10-12-7-3-2-4-8-12;1-4-6(9)8-7(2,3)5-13(10,11)12/h2-5,7-9H,1,6,10H2,(H,15,16);4H,1,5H2,2-3H3,(H,8,9)(H,10,11,12). The molecule has 31 heavy (non-hydrogen) atoms. The van der Waals surface area contributed by atoms with Crippen LogP contribution >= 0.6 is 0 Å². The fraction of sp³-hybridized carbons (Fsp3) is 0.286. The Morgan fingerprint density at radius 1 is 1.19 bits per heavy atom. The molecule has 0 radical (unpaired) electrons. The van der Waals surface area contributed by atoms with E-state index in [-0.39, 0.29) is 18.6 Å². The normalized spacial score (nSPS) is 11.1. The first-order valence-electron chi connectivity index (χ1n) is 8.94. The molecule has 170 valence electrons. The Labute approximate surface area is 181 Å². The Bertz CT molecular complexity index is 918. The fourth-order valence-electron chi connectivity index (χ4n) is 2.09. The van der Waals surface area contributed by atoms with Gasteiger partial charge in [-0.15, -0.1) is 0 Å². The van der Waals surface area contributed by atoms with E-state index in [1.54, 1.807) is 0 Å². The highest BCUT2D eigenvalue weighted by Crippen LogP contribution is 2.07. The summed E-state index contributed by atoms with van der Waals surface area (Å²) in [6, 6.07) is 9.28. The number of carboxylic acid groups (broad SMARTS) is 1. The molecule has 1 aromatic carbocycles. The third-order valence-corrected chi connectivity index (χ3v) is 4.40. The van der Waals surface area contributed by atoms with Gasteiger partial charge in [-0.3, -0.25) is 9.35 Å². The second kappa shape index (κ2) is 13.1. The van der Waals surface area contributed by atoms with Crippen LogP contribution < -0.4 is 5.32 Å². The topological polar surface area (TPSA) is 147 Å². The van der Waals surface area contributed by atoms with Gasteiger partial charge in [-0.05, 0) is 31.9 Å². The summed E-state index contributed by atoms with van der Waals surface area (Å²) in [4.78, 5) is 32.5. The molecular weight excluding hydrogens is 426 g/mol. The summed E-state index contributed by atoms with van der Waals surface area (Å²) in [5, 5.41) is 10.8. The van der Waals surface area contributed by atoms with E-state index in [0.29, 0.717) is 0 Å². The summed E-state index contributed by atoms with van der Waals surface area (Å²) in [5.41, 5.74) is 0.113. The number of carbonyl (C=O) groups excluding carboxylic acids is 2. The maximum Gasteiger partial charge on any atom is 0.334 e. The van der Waals surface area contributed by atoms with E-state index in [2.05, 4.69) is 18.5 Å². The van der Waals surface area contributed by atoms with Crippen LogP contribution in [0.3, 0.4) is 0 Å². The third kappa shape index (κ3) is 15.3. The van der Waals surface area contributed by atoms with Crippen molar-refractivity contribution in [3.8, 4) is 0 Å². The number of aliphatic carboxylic acids is 1. The summed E-state index contributed by atoms with van der Waals surface area (Å²) < 4.78 is 34.6. The van der Waals surface area contributed by atoms with Gasteiger partial charge < -0.3 is 15.2 Å². The smallest absolute Gasteiger partial charge is 0.334 e. The quantitative estimate of drug-likeness (QED) is 0.278. The van der Waals surface area contributed by atoms with Gasteiger partial charge >= 0.3 is 11.9 Å². The fourth-order valence-corrected chi connectivity index (χ4v) is 3.07. The van der Waals surface area contributed by atoms with E-state index in [1.807, 2.05) is 30.3 Å². The molecule has 0 atom stereocenters. The summed E-state index contributed by atoms with van der Waals surface area (Å²) in [6.07, 6.45) is 3.52. The molecule has 10 heteroatoms. The SMILES string of the molecule is C=C(CC=CC(=O)O)C(=O)OCc1ccccc1.C=CC(=O)NC(C)(C)CS(=O)(=O)O. The first kappa shape index (κ1) is 27.8. The first-order chi connectivity index (χ1) is 14.3. The van der Waals surface area contributed by atoms with Gasteiger partial charge in [0.2, 0.25) is 5.91 Å². The number of carboxylic acids is 1. The van der Waals surface area contributed by atoms with Crippen molar-refractivity contribution in [2.24, 2.45) is 0 Å². The zero-order valence-electron chi connectivity index (χ0n) is 17.4. The number of carbonyl (C=O) groups is 3. The Morgan fingerprint density at radius 2 is 1.77 bits per heavy atom. The Hall–Kier alpha value is -3.24. The average Bonchev–Trinajstić information content (AvgIpc) is 2.64. The van der Waals surface area contributed by atoms with Crippen molar-refractivity contribution >= 4 is 28.0 Å². The van der Waals surface area contributed by atoms with E-state index in [4.69, 9.17) is 14.4 Å². The van der Waals surface area contributed by atoms with E-state index >= 15 is 0 Å². The predicted molar refractivity (Wildman–Crippen MR) is 116 cm³/mol. The monoisotopic (exact) mass is 453 g/mol. The molecule has 9 nitrogen and oxygen atoms in total. The minimum absolute atomic E-state index is 0.167. The molecule has 1 aromatic rings. The van der Waals surface area contributed by atoms with Crippen LogP contribution in [0.15, 0.2) is 67.3 Å². The van der Waals surface area contributed by atoms with Gasteiger partial charge in [0.1, 0.15) is 6.61 Å². The molecule has 0 saturated heterocycles. The maximum atomic E-state index is 11.5. The van der Waals surface area contributed by atoms with Gasteiger partial charge in [0, 0.05) is 11.6 Å². The van der Waals surface area contributed by atoms with Crippen molar-refractivity contribution in [1.29, 1.82) is 0 Å². The molecule has 1 amide bonds. The van der Waals surface area contributed by atoms with Gasteiger partial charge in [-0.2, -0.15) is 8.42 Å². The summed E-state index contributed by atoms with van der Waals surface area (Å²) in [6.45, 7) is 9.92. The Kier molecular flexibility index (Phi) is 11.8. The van der Waals surface area contributed by atoms with Crippen molar-refractivity contribution in [2.75, 3.05) is 5.75 Å². The molecule has 0 bridgehead atoms. The van der Waals surface area contributed by atoms with Crippen LogP contribution in [-0.4, -0.2) is 47.2 Å². The number of amides is 1. The van der Waals surface area contributed by atoms with E-state index in [9.17, 15) is 22.8 Å². The molecule has 0 saturated carbocycles. The minimum atomic E-state index is -4.08. The lowest BCUT2D eigenvalue weighted by Gasteiger charge is -2.23. The number of hydrogen-bond acceptors (Lipinski definition) is 6. The van der Waals surface area contributed by atoms with Crippen molar-refractivity contribution in [1.82, 2.24) is 5.32 Å². The van der Waals surface area contributed by atoms with Gasteiger partial charge in [-0.25, -0.2) is 9.59 Å². The van der Waals surface area contributed by atoms with Crippen molar-refractivity contribution in [3.05, 3.63) is 72.9 Å². The molecule has 1 rings (SSSR count). The molecule has 0 spiro atoms. The lowest BCUT2D eigenvalue weighted by molar-refractivity contribution is -0.140. The van der Waals surface area contributed by atoms with E-state index < -0.39 is 39.3 Å². The second-order valence-electron chi connectivity index (χ2n) is 6.91. The second-order valence-corrected chi connectivity index (χ2v) is 8.37. The van der Waals surface area contributed by atoms with E-state index in [0.717, 1.165) is 17.7 Å². The molecule has 0 aliphatic heterocycles. The van der Waals surface area contributed by atoms with Gasteiger partial charge in [0.15, 0.2) is 0 Å². The largest absolute Gasteiger partial charge is 0.478 e.